The molecule has 76 valence electrons. The van der Waals surface area contributed by atoms with Gasteiger partial charge in [0.05, 0.1) is 13.2 Å². The highest BCUT2D eigenvalue weighted by molar-refractivity contribution is 5.26. The Morgan fingerprint density at radius 3 is 2.73 bits per heavy atom. The third kappa shape index (κ3) is 1.53. The molecule has 1 atom stereocenters. The largest absolute Gasteiger partial charge is 0.362 e. The minimum absolute atomic E-state index is 0.172. The van der Waals surface area contributed by atoms with Crippen LogP contribution in [0.5, 0.6) is 0 Å². The summed E-state index contributed by atoms with van der Waals surface area (Å²) in [6.45, 7) is 1.49. The molecule has 15 heavy (non-hydrogen) atoms. The van der Waals surface area contributed by atoms with Crippen molar-refractivity contribution < 1.29 is 4.74 Å². The third-order valence-electron chi connectivity index (χ3n) is 2.68. The van der Waals surface area contributed by atoms with Crippen molar-refractivity contribution >= 4 is 0 Å². The van der Waals surface area contributed by atoms with Gasteiger partial charge in [0.15, 0.2) is 0 Å². The Hall–Kier alpha value is -1.68. The molecule has 1 aromatic carbocycles. The van der Waals surface area contributed by atoms with Crippen LogP contribution in [0.15, 0.2) is 43.0 Å². The Kier molecular flexibility index (Phi) is 1.82. The molecule has 0 aliphatic carbocycles. The lowest BCUT2D eigenvalue weighted by atomic mass is 10.0. The molecule has 0 saturated carbocycles. The van der Waals surface area contributed by atoms with Gasteiger partial charge >= 0.3 is 0 Å². The quantitative estimate of drug-likeness (QED) is 0.701. The summed E-state index contributed by atoms with van der Waals surface area (Å²) in [5.41, 5.74) is 1.04. The van der Waals surface area contributed by atoms with E-state index in [9.17, 15) is 0 Å². The molecule has 0 N–H and O–H groups in total. The number of aromatic nitrogens is 3. The second-order valence-electron chi connectivity index (χ2n) is 3.74. The summed E-state index contributed by atoms with van der Waals surface area (Å²) in [6, 6.07) is 10.2. The number of hydrogen-bond donors (Lipinski definition) is 0. The molecule has 1 fully saturated rings. The van der Waals surface area contributed by atoms with Gasteiger partial charge in [0.1, 0.15) is 18.3 Å². The molecule has 0 amide bonds. The molecule has 1 aliphatic rings. The van der Waals surface area contributed by atoms with Gasteiger partial charge in [0.25, 0.3) is 0 Å². The Bertz CT molecular complexity index is 434. The van der Waals surface area contributed by atoms with Crippen LogP contribution in [0.4, 0.5) is 0 Å². The molecule has 2 heterocycles. The van der Waals surface area contributed by atoms with Gasteiger partial charge in [-0.05, 0) is 5.56 Å². The Morgan fingerprint density at radius 2 is 2.13 bits per heavy atom. The van der Waals surface area contributed by atoms with Gasteiger partial charge in [-0.3, -0.25) is 0 Å². The smallest absolute Gasteiger partial charge is 0.137 e. The van der Waals surface area contributed by atoms with E-state index in [1.807, 2.05) is 18.2 Å². The van der Waals surface area contributed by atoms with Crippen molar-refractivity contribution in [1.29, 1.82) is 0 Å². The highest BCUT2D eigenvalue weighted by atomic mass is 16.6. The third-order valence-corrected chi connectivity index (χ3v) is 2.68. The van der Waals surface area contributed by atoms with Crippen LogP contribution in [0.25, 0.3) is 0 Å². The SMILES string of the molecule is c1ccc([C@]2(Cn3cncn3)CO2)cc1. The van der Waals surface area contributed by atoms with Crippen molar-refractivity contribution in [3.05, 3.63) is 48.5 Å². The van der Waals surface area contributed by atoms with Crippen molar-refractivity contribution in [3.8, 4) is 0 Å². The van der Waals surface area contributed by atoms with Crippen LogP contribution < -0.4 is 0 Å². The lowest BCUT2D eigenvalue weighted by molar-refractivity contribution is 0.269. The standard InChI is InChI=1S/C11H11N3O/c1-2-4-10(5-3-1)11(7-15-11)6-14-9-12-8-13-14/h1-5,8-9H,6-7H2/t11-/m0/s1. The summed E-state index contributed by atoms with van der Waals surface area (Å²) >= 11 is 0. The van der Waals surface area contributed by atoms with Crippen LogP contribution in [-0.2, 0) is 16.9 Å². The van der Waals surface area contributed by atoms with Crippen molar-refractivity contribution in [3.63, 3.8) is 0 Å². The maximum atomic E-state index is 5.57. The van der Waals surface area contributed by atoms with Gasteiger partial charge in [-0.25, -0.2) is 9.67 Å². The zero-order chi connectivity index (χ0) is 10.1. The molecule has 3 rings (SSSR count). The summed E-state index contributed by atoms with van der Waals surface area (Å²) < 4.78 is 7.37. The summed E-state index contributed by atoms with van der Waals surface area (Å²) in [7, 11) is 0. The van der Waals surface area contributed by atoms with E-state index in [-0.39, 0.29) is 5.60 Å². The molecule has 4 heteroatoms. The monoisotopic (exact) mass is 201 g/mol. The van der Waals surface area contributed by atoms with E-state index in [0.717, 1.165) is 13.2 Å². The van der Waals surface area contributed by atoms with Gasteiger partial charge in [-0.15, -0.1) is 0 Å². The molecule has 1 aromatic heterocycles. The van der Waals surface area contributed by atoms with Gasteiger partial charge in [-0.1, -0.05) is 30.3 Å². The Balaban J connectivity index is 1.86. The number of rotatable bonds is 3. The van der Waals surface area contributed by atoms with Gasteiger partial charge in [-0.2, -0.15) is 5.10 Å². The molecule has 1 saturated heterocycles. The number of hydrogen-bond acceptors (Lipinski definition) is 3. The van der Waals surface area contributed by atoms with E-state index in [1.165, 1.54) is 5.56 Å². The van der Waals surface area contributed by atoms with Gasteiger partial charge < -0.3 is 4.74 Å². The summed E-state index contributed by atoms with van der Waals surface area (Å²) in [5, 5.41) is 4.09. The van der Waals surface area contributed by atoms with E-state index in [1.54, 1.807) is 17.3 Å². The van der Waals surface area contributed by atoms with E-state index >= 15 is 0 Å². The van der Waals surface area contributed by atoms with E-state index in [4.69, 9.17) is 4.74 Å². The van der Waals surface area contributed by atoms with E-state index in [2.05, 4.69) is 22.2 Å². The van der Waals surface area contributed by atoms with Crippen LogP contribution in [0.1, 0.15) is 5.56 Å². The average molecular weight is 201 g/mol. The maximum absolute atomic E-state index is 5.57. The topological polar surface area (TPSA) is 43.2 Å². The Morgan fingerprint density at radius 1 is 1.33 bits per heavy atom. The highest BCUT2D eigenvalue weighted by Crippen LogP contribution is 2.39. The summed E-state index contributed by atoms with van der Waals surface area (Å²) in [5.74, 6) is 0. The average Bonchev–Trinajstić information content (AvgIpc) is 2.88. The normalized spacial score (nSPS) is 24.0. The predicted octanol–water partition coefficient (Wildman–Crippen LogP) is 1.20. The minimum atomic E-state index is -0.172. The summed E-state index contributed by atoms with van der Waals surface area (Å²) in [4.78, 5) is 3.92. The number of epoxide rings is 1. The first kappa shape index (κ1) is 8.61. The molecule has 0 spiro atoms. The van der Waals surface area contributed by atoms with Crippen molar-refractivity contribution in [1.82, 2.24) is 14.8 Å². The molecule has 2 aromatic rings. The molecule has 0 bridgehead atoms. The molecule has 0 radical (unpaired) electrons. The van der Waals surface area contributed by atoms with Crippen molar-refractivity contribution in [2.75, 3.05) is 6.61 Å². The van der Waals surface area contributed by atoms with Crippen LogP contribution >= 0.6 is 0 Å². The number of benzene rings is 1. The molecule has 1 aliphatic heterocycles. The summed E-state index contributed by atoms with van der Waals surface area (Å²) in [6.07, 6.45) is 3.26. The van der Waals surface area contributed by atoms with Crippen LogP contribution in [-0.4, -0.2) is 21.4 Å². The fourth-order valence-corrected chi connectivity index (χ4v) is 1.75. The zero-order valence-corrected chi connectivity index (χ0v) is 8.21. The molecular formula is C11H11N3O. The first-order chi connectivity index (χ1) is 7.39. The fraction of sp³-hybridized carbons (Fsp3) is 0.273. The predicted molar refractivity (Wildman–Crippen MR) is 54.1 cm³/mol. The van der Waals surface area contributed by atoms with Crippen LogP contribution in [0.3, 0.4) is 0 Å². The van der Waals surface area contributed by atoms with Crippen molar-refractivity contribution in [2.24, 2.45) is 0 Å². The second kappa shape index (κ2) is 3.17. The number of ether oxygens (including phenoxy) is 1. The highest BCUT2D eigenvalue weighted by Gasteiger charge is 2.47. The minimum Gasteiger partial charge on any atom is -0.362 e. The number of nitrogens with zero attached hydrogens (tertiary/aromatic N) is 3. The van der Waals surface area contributed by atoms with Gasteiger partial charge in [0.2, 0.25) is 0 Å². The molecule has 4 nitrogen and oxygen atoms in total. The van der Waals surface area contributed by atoms with Crippen LogP contribution in [0.2, 0.25) is 0 Å². The van der Waals surface area contributed by atoms with E-state index in [0.29, 0.717) is 0 Å². The molecule has 0 unspecified atom stereocenters. The Labute approximate surface area is 87.5 Å². The zero-order valence-electron chi connectivity index (χ0n) is 8.21. The maximum Gasteiger partial charge on any atom is 0.137 e. The lowest BCUT2D eigenvalue weighted by Gasteiger charge is -2.11. The molecular weight excluding hydrogens is 190 g/mol. The lowest BCUT2D eigenvalue weighted by Crippen LogP contribution is -2.18. The first-order valence-electron chi connectivity index (χ1n) is 4.91. The first-order valence-corrected chi connectivity index (χ1v) is 4.91. The van der Waals surface area contributed by atoms with Crippen LogP contribution in [0, 0.1) is 0 Å². The van der Waals surface area contributed by atoms with Crippen molar-refractivity contribution in [2.45, 2.75) is 12.1 Å². The van der Waals surface area contributed by atoms with Gasteiger partial charge in [0, 0.05) is 0 Å². The van der Waals surface area contributed by atoms with E-state index < -0.39 is 0 Å². The fourth-order valence-electron chi connectivity index (χ4n) is 1.75. The second-order valence-corrected chi connectivity index (χ2v) is 3.74.